The van der Waals surface area contributed by atoms with Crippen molar-refractivity contribution in [2.45, 2.75) is 13.5 Å². The van der Waals surface area contributed by atoms with Gasteiger partial charge in [-0.3, -0.25) is 4.79 Å². The molecule has 9 heteroatoms. The van der Waals surface area contributed by atoms with Gasteiger partial charge in [-0.2, -0.15) is 8.78 Å². The Labute approximate surface area is 159 Å². The third kappa shape index (κ3) is 5.82. The zero-order valence-electron chi connectivity index (χ0n) is 14.4. The average molecular weight is 400 g/mol. The molecule has 0 saturated heterocycles. The smallest absolute Gasteiger partial charge is 0.387 e. The van der Waals surface area contributed by atoms with Gasteiger partial charge in [0.05, 0.1) is 12.7 Å². The normalized spacial score (nSPS) is 10.4. The number of nitrogens with one attached hydrogen (secondary N) is 1. The summed E-state index contributed by atoms with van der Waals surface area (Å²) in [6.45, 7) is -1.75. The highest BCUT2D eigenvalue weighted by Gasteiger charge is 2.16. The predicted octanol–water partition coefficient (Wildman–Crippen LogP) is 4.05. The number of hydrogen-bond acceptors (Lipinski definition) is 5. The van der Waals surface area contributed by atoms with E-state index in [0.29, 0.717) is 10.7 Å². The summed E-state index contributed by atoms with van der Waals surface area (Å²) in [4.78, 5) is 23.9. The quantitative estimate of drug-likeness (QED) is 0.711. The monoisotopic (exact) mass is 399 g/mol. The number of halogens is 3. The molecule has 144 valence electrons. The lowest BCUT2D eigenvalue weighted by atomic mass is 10.2. The lowest BCUT2D eigenvalue weighted by Gasteiger charge is -2.11. The van der Waals surface area contributed by atoms with Crippen LogP contribution in [0.25, 0.3) is 0 Å². The van der Waals surface area contributed by atoms with Crippen molar-refractivity contribution in [3.05, 3.63) is 52.5 Å². The number of esters is 1. The van der Waals surface area contributed by atoms with Gasteiger partial charge in [-0.25, -0.2) is 4.79 Å². The molecule has 0 saturated carbocycles. The van der Waals surface area contributed by atoms with Gasteiger partial charge in [-0.15, -0.1) is 0 Å². The molecule has 2 aromatic rings. The summed E-state index contributed by atoms with van der Waals surface area (Å²) in [6, 6.07) is 8.52. The number of amides is 1. The number of benzene rings is 2. The molecule has 0 fully saturated rings. The van der Waals surface area contributed by atoms with Crippen molar-refractivity contribution in [1.29, 1.82) is 0 Å². The van der Waals surface area contributed by atoms with Crippen molar-refractivity contribution in [3.8, 4) is 11.5 Å². The lowest BCUT2D eigenvalue weighted by Crippen LogP contribution is -2.21. The van der Waals surface area contributed by atoms with Gasteiger partial charge in [0.1, 0.15) is 0 Å². The lowest BCUT2D eigenvalue weighted by molar-refractivity contribution is -0.119. The summed E-state index contributed by atoms with van der Waals surface area (Å²) < 4.78 is 38.7. The van der Waals surface area contributed by atoms with E-state index in [9.17, 15) is 18.4 Å². The number of anilines is 1. The highest BCUT2D eigenvalue weighted by molar-refractivity contribution is 6.31. The number of carbonyl (C=O) groups is 2. The molecular weight excluding hydrogens is 384 g/mol. The first-order valence-corrected chi connectivity index (χ1v) is 8.04. The van der Waals surface area contributed by atoms with Gasteiger partial charge in [0.2, 0.25) is 0 Å². The molecule has 0 aliphatic carbocycles. The molecule has 0 aliphatic rings. The molecule has 0 aliphatic heterocycles. The van der Waals surface area contributed by atoms with Crippen LogP contribution < -0.4 is 14.8 Å². The minimum absolute atomic E-state index is 0.0136. The van der Waals surface area contributed by atoms with Gasteiger partial charge in [0.15, 0.2) is 18.1 Å². The molecule has 27 heavy (non-hydrogen) atoms. The number of hydrogen-bond donors (Lipinski definition) is 1. The molecule has 2 rings (SSSR count). The maximum absolute atomic E-state index is 12.3. The predicted molar refractivity (Wildman–Crippen MR) is 94.7 cm³/mol. The van der Waals surface area contributed by atoms with Gasteiger partial charge in [0, 0.05) is 10.7 Å². The molecule has 0 unspecified atom stereocenters. The summed E-state index contributed by atoms with van der Waals surface area (Å²) in [7, 11) is 1.24. The van der Waals surface area contributed by atoms with Crippen molar-refractivity contribution in [3.63, 3.8) is 0 Å². The molecular formula is C18H16ClF2NO5. The van der Waals surface area contributed by atoms with Crippen LogP contribution in [0.5, 0.6) is 11.5 Å². The number of methoxy groups -OCH3 is 1. The average Bonchev–Trinajstić information content (AvgIpc) is 2.62. The van der Waals surface area contributed by atoms with Crippen LogP contribution in [0, 0.1) is 6.92 Å². The second-order valence-corrected chi connectivity index (χ2v) is 5.74. The van der Waals surface area contributed by atoms with Crippen LogP contribution in [0.15, 0.2) is 36.4 Å². The Morgan fingerprint density at radius 2 is 1.89 bits per heavy atom. The largest absolute Gasteiger partial charge is 0.493 e. The SMILES string of the molecule is COc1cc(C(=O)OCC(=O)Nc2ccc(C)c(Cl)c2)ccc1OC(F)F. The molecule has 0 heterocycles. The Kier molecular flexibility index (Phi) is 6.95. The summed E-state index contributed by atoms with van der Waals surface area (Å²) in [6.07, 6.45) is 0. The third-order valence-electron chi connectivity index (χ3n) is 3.41. The van der Waals surface area contributed by atoms with Gasteiger partial charge in [0.25, 0.3) is 5.91 Å². The fourth-order valence-corrected chi connectivity index (χ4v) is 2.25. The zero-order chi connectivity index (χ0) is 20.0. The Morgan fingerprint density at radius 3 is 2.52 bits per heavy atom. The first kappa shape index (κ1) is 20.4. The topological polar surface area (TPSA) is 73.9 Å². The number of ether oxygens (including phenoxy) is 3. The standard InChI is InChI=1S/C18H16ClF2NO5/c1-10-3-5-12(8-13(10)19)22-16(23)9-26-17(24)11-4-6-14(27-18(20)21)15(7-11)25-2/h3-8,18H,9H2,1-2H3,(H,22,23). The van der Waals surface area contributed by atoms with Crippen LogP contribution >= 0.6 is 11.6 Å². The van der Waals surface area contributed by atoms with E-state index in [1.165, 1.54) is 19.2 Å². The van der Waals surface area contributed by atoms with E-state index in [2.05, 4.69) is 10.1 Å². The molecule has 1 amide bonds. The number of carbonyl (C=O) groups excluding carboxylic acids is 2. The Bertz CT molecular complexity index is 844. The minimum Gasteiger partial charge on any atom is -0.493 e. The maximum Gasteiger partial charge on any atom is 0.387 e. The third-order valence-corrected chi connectivity index (χ3v) is 3.81. The summed E-state index contributed by atoms with van der Waals surface area (Å²) >= 11 is 5.97. The first-order chi connectivity index (χ1) is 12.8. The van der Waals surface area contributed by atoms with Gasteiger partial charge in [-0.1, -0.05) is 17.7 Å². The highest BCUT2D eigenvalue weighted by Crippen LogP contribution is 2.29. The van der Waals surface area contributed by atoms with Crippen LogP contribution in [-0.2, 0) is 9.53 Å². The number of aryl methyl sites for hydroxylation is 1. The van der Waals surface area contributed by atoms with E-state index in [1.54, 1.807) is 18.2 Å². The molecule has 0 radical (unpaired) electrons. The van der Waals surface area contributed by atoms with Crippen molar-refractivity contribution >= 4 is 29.2 Å². The van der Waals surface area contributed by atoms with Crippen LogP contribution in [-0.4, -0.2) is 32.2 Å². The van der Waals surface area contributed by atoms with Crippen LogP contribution in [0.3, 0.4) is 0 Å². The van der Waals surface area contributed by atoms with Gasteiger partial charge >= 0.3 is 12.6 Å². The first-order valence-electron chi connectivity index (χ1n) is 7.66. The molecule has 2 aromatic carbocycles. The molecule has 0 atom stereocenters. The number of rotatable bonds is 7. The van der Waals surface area contributed by atoms with Gasteiger partial charge in [-0.05, 0) is 42.8 Å². The second-order valence-electron chi connectivity index (χ2n) is 5.33. The molecule has 0 spiro atoms. The van der Waals surface area contributed by atoms with Gasteiger partial charge < -0.3 is 19.5 Å². The Hall–Kier alpha value is -2.87. The van der Waals surface area contributed by atoms with E-state index in [0.717, 1.165) is 11.6 Å². The Balaban J connectivity index is 1.96. The fourth-order valence-electron chi connectivity index (χ4n) is 2.07. The molecule has 1 N–H and O–H groups in total. The Morgan fingerprint density at radius 1 is 1.15 bits per heavy atom. The van der Waals surface area contributed by atoms with E-state index in [4.69, 9.17) is 21.1 Å². The second kappa shape index (κ2) is 9.18. The fraction of sp³-hybridized carbons (Fsp3) is 0.222. The number of alkyl halides is 2. The van der Waals surface area contributed by atoms with Crippen molar-refractivity contribution in [1.82, 2.24) is 0 Å². The summed E-state index contributed by atoms with van der Waals surface area (Å²) in [5, 5.41) is 3.03. The van der Waals surface area contributed by atoms with E-state index < -0.39 is 25.1 Å². The maximum atomic E-state index is 12.3. The molecule has 6 nitrogen and oxygen atoms in total. The molecule has 0 aromatic heterocycles. The molecule has 0 bridgehead atoms. The van der Waals surface area contributed by atoms with E-state index in [1.807, 2.05) is 6.92 Å². The highest BCUT2D eigenvalue weighted by atomic mass is 35.5. The van der Waals surface area contributed by atoms with Crippen LogP contribution in [0.2, 0.25) is 5.02 Å². The minimum atomic E-state index is -3.03. The van der Waals surface area contributed by atoms with Crippen molar-refractivity contribution < 1.29 is 32.6 Å². The zero-order valence-corrected chi connectivity index (χ0v) is 15.2. The van der Waals surface area contributed by atoms with Crippen molar-refractivity contribution in [2.24, 2.45) is 0 Å². The van der Waals surface area contributed by atoms with E-state index in [-0.39, 0.29) is 17.1 Å². The summed E-state index contributed by atoms with van der Waals surface area (Å²) in [5.41, 5.74) is 1.33. The van der Waals surface area contributed by atoms with Crippen LogP contribution in [0.4, 0.5) is 14.5 Å². The summed E-state index contributed by atoms with van der Waals surface area (Å²) in [5.74, 6) is -1.68. The van der Waals surface area contributed by atoms with Crippen LogP contribution in [0.1, 0.15) is 15.9 Å². The van der Waals surface area contributed by atoms with Crippen molar-refractivity contribution in [2.75, 3.05) is 19.0 Å². The van der Waals surface area contributed by atoms with E-state index >= 15 is 0 Å².